The second-order valence-corrected chi connectivity index (χ2v) is 8.73. The van der Waals surface area contributed by atoms with Crippen LogP contribution in [-0.4, -0.2) is 33.1 Å². The molecule has 0 aliphatic heterocycles. The van der Waals surface area contributed by atoms with Crippen molar-refractivity contribution in [1.29, 1.82) is 0 Å². The first-order chi connectivity index (χ1) is 10.9. The molecule has 0 unspecified atom stereocenters. The normalized spacial score (nSPS) is 13.6. The molecule has 0 fully saturated rings. The lowest BCUT2D eigenvalue weighted by atomic mass is 10.0. The highest BCUT2D eigenvalue weighted by atomic mass is 32.2. The third-order valence-electron chi connectivity index (χ3n) is 3.07. The van der Waals surface area contributed by atoms with E-state index < -0.39 is 27.6 Å². The van der Waals surface area contributed by atoms with Crippen LogP contribution in [0.4, 0.5) is 0 Å². The molecule has 1 aromatic rings. The van der Waals surface area contributed by atoms with E-state index in [0.29, 0.717) is 12.2 Å². The molecule has 0 bridgehead atoms. The molecule has 1 rings (SSSR count). The molecular formula is C17H27NO5S. The van der Waals surface area contributed by atoms with Gasteiger partial charge >= 0.3 is 5.97 Å². The van der Waals surface area contributed by atoms with E-state index in [9.17, 15) is 13.2 Å². The molecule has 0 amide bonds. The number of nitrogens with one attached hydrogen (secondary N) is 1. The second-order valence-electron chi connectivity index (χ2n) is 7.01. The number of hydrogen-bond donors (Lipinski definition) is 1. The Bertz CT molecular complexity index is 645. The number of rotatable bonds is 7. The minimum Gasteiger partial charge on any atom is -0.497 e. The van der Waals surface area contributed by atoms with Gasteiger partial charge < -0.3 is 9.47 Å². The third-order valence-corrected chi connectivity index (χ3v) is 4.55. The number of carbonyl (C=O) groups is 1. The molecule has 0 aliphatic carbocycles. The van der Waals surface area contributed by atoms with Crippen LogP contribution in [0.2, 0.25) is 0 Å². The van der Waals surface area contributed by atoms with Gasteiger partial charge in [0.1, 0.15) is 17.4 Å². The van der Waals surface area contributed by atoms with E-state index in [4.69, 9.17) is 9.47 Å². The van der Waals surface area contributed by atoms with E-state index in [1.807, 2.05) is 13.8 Å². The molecule has 24 heavy (non-hydrogen) atoms. The Labute approximate surface area is 144 Å². The van der Waals surface area contributed by atoms with Crippen LogP contribution >= 0.6 is 0 Å². The van der Waals surface area contributed by atoms with E-state index >= 15 is 0 Å². The van der Waals surface area contributed by atoms with E-state index in [2.05, 4.69) is 4.72 Å². The first-order valence-corrected chi connectivity index (χ1v) is 9.32. The Morgan fingerprint density at radius 2 is 1.71 bits per heavy atom. The van der Waals surface area contributed by atoms with Gasteiger partial charge in [0.15, 0.2) is 0 Å². The fourth-order valence-corrected chi connectivity index (χ4v) is 3.24. The minimum atomic E-state index is -3.84. The molecule has 0 saturated carbocycles. The summed E-state index contributed by atoms with van der Waals surface area (Å²) in [6.45, 7) is 9.07. The fraction of sp³-hybridized carbons (Fsp3) is 0.588. The average molecular weight is 357 g/mol. The number of benzene rings is 1. The van der Waals surface area contributed by atoms with Crippen LogP contribution in [0, 0.1) is 5.92 Å². The van der Waals surface area contributed by atoms with Gasteiger partial charge in [-0.3, -0.25) is 4.79 Å². The number of esters is 1. The predicted molar refractivity (Wildman–Crippen MR) is 92.4 cm³/mol. The minimum absolute atomic E-state index is 0.0700. The van der Waals surface area contributed by atoms with Gasteiger partial charge in [0.05, 0.1) is 12.0 Å². The molecule has 0 saturated heterocycles. The number of ether oxygens (including phenoxy) is 2. The van der Waals surface area contributed by atoms with Crippen molar-refractivity contribution in [3.8, 4) is 5.75 Å². The number of carbonyl (C=O) groups excluding carboxylic acids is 1. The standard InChI is InChI=1S/C17H27NO5S/c1-12(2)11-15(16(19)23-17(3,4)5)18-24(20,21)14-9-7-13(22-6)8-10-14/h7-10,12,15,18H,11H2,1-6H3/t15-/m1/s1. The summed E-state index contributed by atoms with van der Waals surface area (Å²) in [5, 5.41) is 0. The molecule has 0 aliphatic rings. The van der Waals surface area contributed by atoms with Crippen molar-refractivity contribution in [2.24, 2.45) is 5.92 Å². The van der Waals surface area contributed by atoms with Crippen molar-refractivity contribution in [3.63, 3.8) is 0 Å². The monoisotopic (exact) mass is 357 g/mol. The zero-order valence-electron chi connectivity index (χ0n) is 15.1. The summed E-state index contributed by atoms with van der Waals surface area (Å²) < 4.78 is 37.9. The van der Waals surface area contributed by atoms with Gasteiger partial charge in [-0.05, 0) is 57.4 Å². The molecule has 1 aromatic carbocycles. The lowest BCUT2D eigenvalue weighted by molar-refractivity contribution is -0.157. The molecule has 1 N–H and O–H groups in total. The fourth-order valence-electron chi connectivity index (χ4n) is 2.05. The smallest absolute Gasteiger partial charge is 0.324 e. The number of methoxy groups -OCH3 is 1. The number of sulfonamides is 1. The Morgan fingerprint density at radius 1 is 1.17 bits per heavy atom. The van der Waals surface area contributed by atoms with Gasteiger partial charge in [-0.15, -0.1) is 0 Å². The Morgan fingerprint density at radius 3 is 2.12 bits per heavy atom. The van der Waals surface area contributed by atoms with Crippen LogP contribution in [-0.2, 0) is 19.6 Å². The SMILES string of the molecule is COc1ccc(S(=O)(=O)N[C@H](CC(C)C)C(=O)OC(C)(C)C)cc1. The highest BCUT2D eigenvalue weighted by molar-refractivity contribution is 7.89. The first-order valence-electron chi connectivity index (χ1n) is 7.84. The maximum absolute atomic E-state index is 12.5. The Hall–Kier alpha value is -1.60. The quantitative estimate of drug-likeness (QED) is 0.759. The van der Waals surface area contributed by atoms with Gasteiger partial charge in [-0.25, -0.2) is 8.42 Å². The van der Waals surface area contributed by atoms with Crippen LogP contribution in [0.15, 0.2) is 29.2 Å². The third kappa shape index (κ3) is 6.49. The van der Waals surface area contributed by atoms with Crippen molar-refractivity contribution >= 4 is 16.0 Å². The Kier molecular flexibility index (Phi) is 6.80. The summed E-state index contributed by atoms with van der Waals surface area (Å²) >= 11 is 0. The topological polar surface area (TPSA) is 81.7 Å². The van der Waals surface area contributed by atoms with E-state index in [1.165, 1.54) is 19.2 Å². The summed E-state index contributed by atoms with van der Waals surface area (Å²) in [6.07, 6.45) is 0.351. The van der Waals surface area contributed by atoms with E-state index in [0.717, 1.165) is 0 Å². The van der Waals surface area contributed by atoms with Crippen LogP contribution in [0.5, 0.6) is 5.75 Å². The lowest BCUT2D eigenvalue weighted by Gasteiger charge is -2.25. The van der Waals surface area contributed by atoms with Crippen molar-refractivity contribution in [2.45, 2.75) is 57.6 Å². The number of hydrogen-bond acceptors (Lipinski definition) is 5. The molecule has 6 nitrogen and oxygen atoms in total. The average Bonchev–Trinajstić information content (AvgIpc) is 2.44. The molecule has 136 valence electrons. The van der Waals surface area contributed by atoms with Crippen molar-refractivity contribution in [1.82, 2.24) is 4.72 Å². The predicted octanol–water partition coefficient (Wildman–Crippen LogP) is 2.73. The molecular weight excluding hydrogens is 330 g/mol. The van der Waals surface area contributed by atoms with E-state index in [-0.39, 0.29) is 10.8 Å². The summed E-state index contributed by atoms with van der Waals surface area (Å²) in [7, 11) is -2.33. The Balaban J connectivity index is 3.00. The van der Waals surface area contributed by atoms with E-state index in [1.54, 1.807) is 32.9 Å². The first kappa shape index (κ1) is 20.4. The van der Waals surface area contributed by atoms with Crippen molar-refractivity contribution in [2.75, 3.05) is 7.11 Å². The van der Waals surface area contributed by atoms with Crippen LogP contribution < -0.4 is 9.46 Å². The highest BCUT2D eigenvalue weighted by Gasteiger charge is 2.30. The largest absolute Gasteiger partial charge is 0.497 e. The zero-order valence-corrected chi connectivity index (χ0v) is 15.9. The summed E-state index contributed by atoms with van der Waals surface area (Å²) in [4.78, 5) is 12.4. The summed E-state index contributed by atoms with van der Waals surface area (Å²) in [5.74, 6) is 0.106. The zero-order chi connectivity index (χ0) is 18.5. The molecule has 1 atom stereocenters. The van der Waals surface area contributed by atoms with Crippen LogP contribution in [0.3, 0.4) is 0 Å². The van der Waals surface area contributed by atoms with Gasteiger partial charge in [-0.1, -0.05) is 13.8 Å². The highest BCUT2D eigenvalue weighted by Crippen LogP contribution is 2.18. The summed E-state index contributed by atoms with van der Waals surface area (Å²) in [5.41, 5.74) is -0.683. The van der Waals surface area contributed by atoms with Crippen LogP contribution in [0.25, 0.3) is 0 Å². The molecule has 0 aromatic heterocycles. The molecule has 0 heterocycles. The van der Waals surface area contributed by atoms with Crippen LogP contribution in [0.1, 0.15) is 41.0 Å². The summed E-state index contributed by atoms with van der Waals surface area (Å²) in [6, 6.07) is 5.04. The van der Waals surface area contributed by atoms with Crippen molar-refractivity contribution in [3.05, 3.63) is 24.3 Å². The molecule has 0 radical (unpaired) electrons. The maximum atomic E-state index is 12.5. The van der Waals surface area contributed by atoms with Gasteiger partial charge in [0, 0.05) is 0 Å². The maximum Gasteiger partial charge on any atom is 0.324 e. The van der Waals surface area contributed by atoms with Gasteiger partial charge in [0.2, 0.25) is 10.0 Å². The second kappa shape index (κ2) is 7.98. The van der Waals surface area contributed by atoms with Gasteiger partial charge in [-0.2, -0.15) is 4.72 Å². The van der Waals surface area contributed by atoms with Crippen molar-refractivity contribution < 1.29 is 22.7 Å². The molecule has 7 heteroatoms. The molecule has 0 spiro atoms. The van der Waals surface area contributed by atoms with Gasteiger partial charge in [0.25, 0.3) is 0 Å². The lowest BCUT2D eigenvalue weighted by Crippen LogP contribution is -2.44.